The monoisotopic (exact) mass is 336 g/mol. The normalized spacial score (nSPS) is 15.8. The molecule has 22 heavy (non-hydrogen) atoms. The first-order valence-electron chi connectivity index (χ1n) is 7.04. The fourth-order valence-corrected chi connectivity index (χ4v) is 4.04. The number of aromatic nitrogens is 1. The second-order valence-corrected chi connectivity index (χ2v) is 6.78. The first kappa shape index (κ1) is 15.2. The molecule has 0 atom stereocenters. The number of hydrogen-bond acceptors (Lipinski definition) is 6. The summed E-state index contributed by atoms with van der Waals surface area (Å²) in [4.78, 5) is 30.2. The average molecular weight is 336 g/mol. The van der Waals surface area contributed by atoms with Gasteiger partial charge in [-0.15, -0.1) is 11.3 Å². The topological polar surface area (TPSA) is 59.5 Å². The first-order chi connectivity index (χ1) is 10.7. The number of amides is 1. The number of thiophene rings is 1. The smallest absolute Gasteiger partial charge is 0.308 e. The number of rotatable bonds is 3. The molecule has 0 aliphatic carbocycles. The van der Waals surface area contributed by atoms with Crippen molar-refractivity contribution in [2.24, 2.45) is 5.92 Å². The molecule has 0 N–H and O–H groups in total. The molecule has 3 rings (SSSR count). The van der Waals surface area contributed by atoms with E-state index in [-0.39, 0.29) is 17.8 Å². The molecule has 0 bridgehead atoms. The van der Waals surface area contributed by atoms with Crippen LogP contribution >= 0.6 is 22.7 Å². The third-order valence-electron chi connectivity index (χ3n) is 3.81. The molecule has 1 aliphatic heterocycles. The van der Waals surface area contributed by atoms with E-state index in [4.69, 9.17) is 4.74 Å². The molecule has 1 saturated heterocycles. The number of ether oxygens (including phenoxy) is 1. The highest BCUT2D eigenvalue weighted by molar-refractivity contribution is 7.14. The number of methoxy groups -OCH3 is 1. The molecule has 0 saturated carbocycles. The van der Waals surface area contributed by atoms with Gasteiger partial charge in [0, 0.05) is 29.4 Å². The Morgan fingerprint density at radius 2 is 2.09 bits per heavy atom. The van der Waals surface area contributed by atoms with Gasteiger partial charge in [-0.05, 0) is 24.3 Å². The van der Waals surface area contributed by atoms with Gasteiger partial charge in [0.15, 0.2) is 0 Å². The Labute approximate surface area is 136 Å². The predicted octanol–water partition coefficient (Wildman–Crippen LogP) is 2.90. The molecule has 1 amide bonds. The zero-order valence-corrected chi connectivity index (χ0v) is 13.8. The fourth-order valence-electron chi connectivity index (χ4n) is 2.54. The van der Waals surface area contributed by atoms with Crippen molar-refractivity contribution in [2.75, 3.05) is 20.2 Å². The van der Waals surface area contributed by atoms with E-state index in [1.165, 1.54) is 18.4 Å². The summed E-state index contributed by atoms with van der Waals surface area (Å²) in [6.07, 6.45) is 1.31. The molecular weight excluding hydrogens is 320 g/mol. The maximum absolute atomic E-state index is 12.5. The van der Waals surface area contributed by atoms with Crippen molar-refractivity contribution in [3.05, 3.63) is 27.9 Å². The van der Waals surface area contributed by atoms with Crippen molar-refractivity contribution in [2.45, 2.75) is 12.8 Å². The maximum Gasteiger partial charge on any atom is 0.308 e. The van der Waals surface area contributed by atoms with Gasteiger partial charge >= 0.3 is 5.97 Å². The molecule has 0 aromatic carbocycles. The van der Waals surface area contributed by atoms with E-state index in [1.807, 2.05) is 22.2 Å². The highest BCUT2D eigenvalue weighted by Gasteiger charge is 2.29. The van der Waals surface area contributed by atoms with Crippen LogP contribution < -0.4 is 0 Å². The van der Waals surface area contributed by atoms with Gasteiger partial charge in [0.2, 0.25) is 0 Å². The molecule has 5 nitrogen and oxygen atoms in total. The second-order valence-electron chi connectivity index (χ2n) is 5.14. The van der Waals surface area contributed by atoms with E-state index in [9.17, 15) is 9.59 Å². The number of likely N-dealkylation sites (tertiary alicyclic amines) is 1. The number of nitrogens with zero attached hydrogens (tertiary/aromatic N) is 2. The Morgan fingerprint density at radius 1 is 1.32 bits per heavy atom. The van der Waals surface area contributed by atoms with Crippen LogP contribution in [0.4, 0.5) is 0 Å². The highest BCUT2D eigenvalue weighted by Crippen LogP contribution is 2.27. The molecule has 116 valence electrons. The van der Waals surface area contributed by atoms with E-state index in [0.717, 1.165) is 10.6 Å². The minimum absolute atomic E-state index is 0.0546. The van der Waals surface area contributed by atoms with Crippen LogP contribution in [0.1, 0.15) is 23.3 Å². The van der Waals surface area contributed by atoms with E-state index in [1.54, 1.807) is 16.2 Å². The molecular formula is C15H16N2O3S2. The van der Waals surface area contributed by atoms with Gasteiger partial charge in [-0.2, -0.15) is 11.3 Å². The van der Waals surface area contributed by atoms with E-state index >= 15 is 0 Å². The summed E-state index contributed by atoms with van der Waals surface area (Å²) in [6.45, 7) is 1.15. The zero-order chi connectivity index (χ0) is 15.5. The number of hydrogen-bond donors (Lipinski definition) is 0. The quantitative estimate of drug-likeness (QED) is 0.809. The van der Waals surface area contributed by atoms with Crippen LogP contribution in [0.5, 0.6) is 0 Å². The molecule has 1 aliphatic rings. The Kier molecular flexibility index (Phi) is 4.54. The fraction of sp³-hybridized carbons (Fsp3) is 0.400. The van der Waals surface area contributed by atoms with Crippen molar-refractivity contribution in [3.63, 3.8) is 0 Å². The van der Waals surface area contributed by atoms with Crippen LogP contribution in [0.25, 0.3) is 10.6 Å². The molecule has 3 heterocycles. The molecule has 0 unspecified atom stereocenters. The number of carbonyl (C=O) groups excluding carboxylic acids is 2. The lowest BCUT2D eigenvalue weighted by molar-refractivity contribution is -0.146. The largest absolute Gasteiger partial charge is 0.469 e. The van der Waals surface area contributed by atoms with Crippen LogP contribution in [0.2, 0.25) is 0 Å². The maximum atomic E-state index is 12.5. The van der Waals surface area contributed by atoms with Crippen molar-refractivity contribution in [1.82, 2.24) is 9.88 Å². The van der Waals surface area contributed by atoms with Crippen molar-refractivity contribution >= 4 is 34.6 Å². The third-order valence-corrected chi connectivity index (χ3v) is 5.38. The highest BCUT2D eigenvalue weighted by atomic mass is 32.1. The Hall–Kier alpha value is -1.73. The van der Waals surface area contributed by atoms with Crippen LogP contribution in [0, 0.1) is 5.92 Å². The van der Waals surface area contributed by atoms with Gasteiger partial charge in [0.25, 0.3) is 5.91 Å². The minimum Gasteiger partial charge on any atom is -0.469 e. The summed E-state index contributed by atoms with van der Waals surface area (Å²) >= 11 is 3.10. The van der Waals surface area contributed by atoms with E-state index in [0.29, 0.717) is 31.6 Å². The average Bonchev–Trinajstić information content (AvgIpc) is 3.24. The predicted molar refractivity (Wildman–Crippen MR) is 86.1 cm³/mol. The van der Waals surface area contributed by atoms with Crippen molar-refractivity contribution in [3.8, 4) is 10.6 Å². The van der Waals surface area contributed by atoms with Crippen molar-refractivity contribution in [1.29, 1.82) is 0 Å². The summed E-state index contributed by atoms with van der Waals surface area (Å²) in [5.41, 5.74) is 1.54. The van der Waals surface area contributed by atoms with Crippen LogP contribution in [-0.2, 0) is 9.53 Å². The van der Waals surface area contributed by atoms with E-state index < -0.39 is 0 Å². The third kappa shape index (κ3) is 3.05. The van der Waals surface area contributed by atoms with Gasteiger partial charge < -0.3 is 9.64 Å². The number of esters is 1. The Morgan fingerprint density at radius 3 is 2.73 bits per heavy atom. The lowest BCUT2D eigenvalue weighted by Gasteiger charge is -2.30. The summed E-state index contributed by atoms with van der Waals surface area (Å²) in [5.74, 6) is -0.326. The van der Waals surface area contributed by atoms with Gasteiger partial charge in [0.1, 0.15) is 10.7 Å². The molecule has 1 fully saturated rings. The Balaban J connectivity index is 1.64. The van der Waals surface area contributed by atoms with Crippen LogP contribution in [0.15, 0.2) is 22.2 Å². The van der Waals surface area contributed by atoms with Gasteiger partial charge in [-0.25, -0.2) is 4.98 Å². The van der Waals surface area contributed by atoms with Gasteiger partial charge in [0.05, 0.1) is 13.0 Å². The lowest BCUT2D eigenvalue weighted by Crippen LogP contribution is -2.40. The van der Waals surface area contributed by atoms with Gasteiger partial charge in [-0.3, -0.25) is 9.59 Å². The van der Waals surface area contributed by atoms with Crippen molar-refractivity contribution < 1.29 is 14.3 Å². The summed E-state index contributed by atoms with van der Waals surface area (Å²) in [5, 5.41) is 6.70. The van der Waals surface area contributed by atoms with Crippen LogP contribution in [-0.4, -0.2) is 42.0 Å². The number of thiazole rings is 1. The van der Waals surface area contributed by atoms with E-state index in [2.05, 4.69) is 4.98 Å². The zero-order valence-electron chi connectivity index (χ0n) is 12.2. The standard InChI is InChI=1S/C15H16N2O3S2/c1-20-15(19)10-2-5-17(6-3-10)14(18)12-9-22-13(16-12)11-4-7-21-8-11/h4,7-10H,2-3,5-6H2,1H3. The summed E-state index contributed by atoms with van der Waals surface area (Å²) in [7, 11) is 1.40. The minimum atomic E-state index is -0.180. The van der Waals surface area contributed by atoms with Crippen LogP contribution in [0.3, 0.4) is 0 Å². The second kappa shape index (κ2) is 6.58. The Bertz CT molecular complexity index is 658. The molecule has 7 heteroatoms. The van der Waals surface area contributed by atoms with Gasteiger partial charge in [-0.1, -0.05) is 0 Å². The molecule has 0 spiro atoms. The SMILES string of the molecule is COC(=O)C1CCN(C(=O)c2csc(-c3ccsc3)n2)CC1. The molecule has 2 aromatic rings. The summed E-state index contributed by atoms with van der Waals surface area (Å²) in [6, 6.07) is 2.00. The molecule has 0 radical (unpaired) electrons. The summed E-state index contributed by atoms with van der Waals surface area (Å²) < 4.78 is 4.76. The molecule has 2 aromatic heterocycles. The number of piperidine rings is 1. The first-order valence-corrected chi connectivity index (χ1v) is 8.86. The number of carbonyl (C=O) groups is 2. The lowest BCUT2D eigenvalue weighted by atomic mass is 9.97.